The van der Waals surface area contributed by atoms with Crippen molar-refractivity contribution < 1.29 is 31.5 Å². The molecule has 13 heteroatoms. The largest absolute Gasteiger partial charge is 0.490 e. The number of nitrogens with zero attached hydrogens (tertiary/aromatic N) is 3. The van der Waals surface area contributed by atoms with E-state index in [9.17, 15) is 21.6 Å². The molecule has 2 aliphatic heterocycles. The average Bonchev–Trinajstić information content (AvgIpc) is 3.38. The first-order chi connectivity index (χ1) is 14.4. The molecule has 0 spiro atoms. The lowest BCUT2D eigenvalue weighted by Crippen LogP contribution is -2.34. The van der Waals surface area contributed by atoms with Crippen LogP contribution in [0.1, 0.15) is 20.5 Å². The predicted octanol–water partition coefficient (Wildman–Crippen LogP) is 3.10. The Morgan fingerprint density at radius 3 is 2.39 bits per heavy atom. The van der Waals surface area contributed by atoms with Crippen LogP contribution in [-0.4, -0.2) is 64.7 Å². The van der Waals surface area contributed by atoms with Crippen molar-refractivity contribution in [2.45, 2.75) is 38.4 Å². The molecule has 0 aromatic carbocycles. The Balaban J connectivity index is 0.000000339. The number of aromatic nitrogens is 1. The fourth-order valence-electron chi connectivity index (χ4n) is 3.73. The number of carbonyl (C=O) groups is 1. The minimum absolute atomic E-state index is 0.218. The normalized spacial score (nSPS) is 23.4. The average molecular weight is 498 g/mol. The van der Waals surface area contributed by atoms with E-state index >= 15 is 0 Å². The molecule has 2 aliphatic rings. The summed E-state index contributed by atoms with van der Waals surface area (Å²) in [5.74, 6) is -2.54. The molecule has 4 heterocycles. The number of thiazole rings is 1. The molecule has 2 aromatic rings. The van der Waals surface area contributed by atoms with E-state index in [0.29, 0.717) is 19.6 Å². The lowest BCUT2D eigenvalue weighted by molar-refractivity contribution is -0.192. The van der Waals surface area contributed by atoms with Crippen molar-refractivity contribution >= 4 is 38.7 Å². The fourth-order valence-corrected chi connectivity index (χ4v) is 7.42. The minimum Gasteiger partial charge on any atom is -0.475 e. The summed E-state index contributed by atoms with van der Waals surface area (Å²) in [4.78, 5) is 18.2. The van der Waals surface area contributed by atoms with Crippen LogP contribution in [0.5, 0.6) is 0 Å². The molecule has 0 saturated carbocycles. The fraction of sp³-hybridized carbons (Fsp3) is 0.556. The third kappa shape index (κ3) is 5.83. The van der Waals surface area contributed by atoms with Gasteiger partial charge in [-0.2, -0.15) is 17.5 Å². The Hall–Kier alpha value is -1.54. The third-order valence-electron chi connectivity index (χ3n) is 5.06. The maximum Gasteiger partial charge on any atom is 0.490 e. The number of halogens is 3. The number of likely N-dealkylation sites (tertiary alicyclic amines) is 1. The highest BCUT2D eigenvalue weighted by Crippen LogP contribution is 2.35. The molecule has 0 aliphatic carbocycles. The lowest BCUT2D eigenvalue weighted by Gasteiger charge is -2.20. The number of alkyl halides is 3. The second-order valence-corrected chi connectivity index (χ2v) is 12.1. The van der Waals surface area contributed by atoms with Crippen LogP contribution in [0.2, 0.25) is 0 Å². The Bertz CT molecular complexity index is 1040. The molecule has 2 atom stereocenters. The molecular formula is C18H22F3N3O4S3. The maximum atomic E-state index is 12.9. The van der Waals surface area contributed by atoms with Gasteiger partial charge in [-0.15, -0.1) is 22.7 Å². The summed E-state index contributed by atoms with van der Waals surface area (Å²) in [6.45, 7) is 7.49. The van der Waals surface area contributed by atoms with Crippen LogP contribution in [0.15, 0.2) is 17.5 Å². The van der Waals surface area contributed by atoms with Gasteiger partial charge in [0.15, 0.2) is 0 Å². The summed E-state index contributed by atoms with van der Waals surface area (Å²) in [6, 6.07) is 4.28. The first-order valence-corrected chi connectivity index (χ1v) is 12.5. The van der Waals surface area contributed by atoms with Crippen LogP contribution in [-0.2, 0) is 27.9 Å². The van der Waals surface area contributed by atoms with Gasteiger partial charge in [-0.25, -0.2) is 18.2 Å². The molecule has 4 rings (SSSR count). The zero-order valence-corrected chi connectivity index (χ0v) is 19.2. The molecular weight excluding hydrogens is 475 g/mol. The van der Waals surface area contributed by atoms with Gasteiger partial charge in [-0.1, -0.05) is 0 Å². The van der Waals surface area contributed by atoms with Gasteiger partial charge in [-0.3, -0.25) is 4.90 Å². The molecule has 2 saturated heterocycles. The van der Waals surface area contributed by atoms with Gasteiger partial charge < -0.3 is 5.11 Å². The summed E-state index contributed by atoms with van der Waals surface area (Å²) < 4.78 is 59.1. The van der Waals surface area contributed by atoms with Gasteiger partial charge in [-0.05, 0) is 26.0 Å². The van der Waals surface area contributed by atoms with Gasteiger partial charge in [0.05, 0.1) is 22.5 Å². The number of sulfonamides is 1. The molecule has 2 fully saturated rings. The topological polar surface area (TPSA) is 90.8 Å². The van der Waals surface area contributed by atoms with Crippen LogP contribution >= 0.6 is 22.7 Å². The Labute approximate surface area is 186 Å². The number of thiophene rings is 1. The summed E-state index contributed by atoms with van der Waals surface area (Å²) in [5, 5.41) is 9.82. The Kier molecular flexibility index (Phi) is 7.11. The van der Waals surface area contributed by atoms with E-state index in [1.165, 1.54) is 9.75 Å². The molecule has 31 heavy (non-hydrogen) atoms. The Morgan fingerprint density at radius 1 is 1.23 bits per heavy atom. The molecule has 0 radical (unpaired) electrons. The van der Waals surface area contributed by atoms with Crippen LogP contribution in [0.4, 0.5) is 13.2 Å². The zero-order valence-electron chi connectivity index (χ0n) is 16.8. The summed E-state index contributed by atoms with van der Waals surface area (Å²) in [7, 11) is -3.21. The van der Waals surface area contributed by atoms with Gasteiger partial charge >= 0.3 is 12.1 Å². The number of hydrogen-bond acceptors (Lipinski definition) is 7. The smallest absolute Gasteiger partial charge is 0.475 e. The number of carboxylic acid groups (broad SMARTS) is 1. The Morgan fingerprint density at radius 2 is 1.90 bits per heavy atom. The van der Waals surface area contributed by atoms with Crippen LogP contribution in [0.3, 0.4) is 0 Å². The zero-order chi connectivity index (χ0) is 23.0. The van der Waals surface area contributed by atoms with Crippen molar-refractivity contribution in [1.29, 1.82) is 0 Å². The van der Waals surface area contributed by atoms with Gasteiger partial charge in [0.25, 0.3) is 0 Å². The molecule has 2 aromatic heterocycles. The number of aliphatic carboxylic acids is 1. The molecule has 0 bridgehead atoms. The predicted molar refractivity (Wildman–Crippen MR) is 111 cm³/mol. The molecule has 0 amide bonds. The number of aryl methyl sites for hydroxylation is 2. The van der Waals surface area contributed by atoms with Crippen molar-refractivity contribution in [3.8, 4) is 0 Å². The van der Waals surface area contributed by atoms with Crippen LogP contribution < -0.4 is 0 Å². The molecule has 7 nitrogen and oxygen atoms in total. The van der Waals surface area contributed by atoms with Crippen molar-refractivity contribution in [3.63, 3.8) is 0 Å². The highest BCUT2D eigenvalue weighted by atomic mass is 32.2. The highest BCUT2D eigenvalue weighted by molar-refractivity contribution is 7.90. The number of hydrogen-bond donors (Lipinski definition) is 1. The summed E-state index contributed by atoms with van der Waals surface area (Å²) >= 11 is 3.37. The quantitative estimate of drug-likeness (QED) is 0.698. The number of rotatable bonds is 4. The van der Waals surface area contributed by atoms with Gasteiger partial charge in [0, 0.05) is 47.2 Å². The summed E-state index contributed by atoms with van der Waals surface area (Å²) in [5.41, 5.74) is 0.868. The van der Waals surface area contributed by atoms with E-state index in [4.69, 9.17) is 9.90 Å². The number of fused-ring (bicyclic) bond motifs is 1. The first kappa shape index (κ1) is 24.1. The van der Waals surface area contributed by atoms with E-state index in [-0.39, 0.29) is 11.2 Å². The minimum atomic E-state index is -5.08. The van der Waals surface area contributed by atoms with Crippen molar-refractivity contribution in [1.82, 2.24) is 14.2 Å². The lowest BCUT2D eigenvalue weighted by atomic mass is 10.1. The van der Waals surface area contributed by atoms with Crippen molar-refractivity contribution in [3.05, 3.63) is 38.0 Å². The second kappa shape index (κ2) is 9.14. The number of carboxylic acids is 1. The standard InChI is InChI=1S/C16H21N3O2S3.C2HF3O2/c1-11-3-4-15(23-11)8-18-5-13-6-19(24(20,21)16(13)9-18)7-14-10-22-12(2)17-14;3-2(4,5)1(6)7/h3-4,10,13,16H,5-9H2,1-2H3;(H,6,7)/t13-,16-;/m0./s1. The van der Waals surface area contributed by atoms with Crippen molar-refractivity contribution in [2.24, 2.45) is 5.92 Å². The monoisotopic (exact) mass is 497 g/mol. The van der Waals surface area contributed by atoms with Crippen molar-refractivity contribution in [2.75, 3.05) is 19.6 Å². The van der Waals surface area contributed by atoms with Gasteiger partial charge in [0.2, 0.25) is 10.0 Å². The summed E-state index contributed by atoms with van der Waals surface area (Å²) in [6.07, 6.45) is -5.08. The van der Waals surface area contributed by atoms with E-state index < -0.39 is 22.2 Å². The van der Waals surface area contributed by atoms with Crippen LogP contribution in [0.25, 0.3) is 0 Å². The van der Waals surface area contributed by atoms with Gasteiger partial charge in [0.1, 0.15) is 0 Å². The third-order valence-corrected chi connectivity index (χ3v) is 9.16. The van der Waals surface area contributed by atoms with Crippen LogP contribution in [0, 0.1) is 19.8 Å². The molecule has 0 unspecified atom stereocenters. The SMILES string of the molecule is Cc1ccc(CN2C[C@H]3CN(Cc4csc(C)n4)S(=O)(=O)[C@H]3C2)s1.O=C(O)C(F)(F)F. The first-order valence-electron chi connectivity index (χ1n) is 9.34. The van der Waals surface area contributed by atoms with E-state index in [1.807, 2.05) is 12.3 Å². The van der Waals surface area contributed by atoms with E-state index in [2.05, 4.69) is 28.9 Å². The van der Waals surface area contributed by atoms with E-state index in [1.54, 1.807) is 27.0 Å². The molecule has 1 N–H and O–H groups in total. The molecule has 172 valence electrons. The highest BCUT2D eigenvalue weighted by Gasteiger charge is 2.50. The maximum absolute atomic E-state index is 12.9. The van der Waals surface area contributed by atoms with E-state index in [0.717, 1.165) is 23.8 Å². The second-order valence-electron chi connectivity index (χ2n) is 7.50.